The van der Waals surface area contributed by atoms with Crippen molar-refractivity contribution in [3.05, 3.63) is 59.7 Å². The van der Waals surface area contributed by atoms with E-state index < -0.39 is 0 Å². The first-order valence-corrected chi connectivity index (χ1v) is 9.22. The van der Waals surface area contributed by atoms with Gasteiger partial charge in [-0.15, -0.1) is 0 Å². The van der Waals surface area contributed by atoms with Gasteiger partial charge in [0.1, 0.15) is 5.75 Å². The molecule has 0 saturated heterocycles. The average Bonchev–Trinajstić information content (AvgIpc) is 2.64. The van der Waals surface area contributed by atoms with E-state index in [1.165, 1.54) is 10.5 Å². The van der Waals surface area contributed by atoms with E-state index in [1.807, 2.05) is 36.4 Å². The van der Waals surface area contributed by atoms with Crippen molar-refractivity contribution in [3.63, 3.8) is 0 Å². The maximum absolute atomic E-state index is 12.1. The van der Waals surface area contributed by atoms with Gasteiger partial charge in [0, 0.05) is 26.3 Å². The van der Waals surface area contributed by atoms with Crippen LogP contribution in [0.5, 0.6) is 5.75 Å². The molecule has 0 heterocycles. The molecule has 0 atom stereocenters. The first kappa shape index (κ1) is 21.3. The van der Waals surface area contributed by atoms with Crippen LogP contribution in [0.3, 0.4) is 0 Å². The number of carbonyl (C=O) groups excluding carboxylic acids is 2. The van der Waals surface area contributed by atoms with E-state index in [0.29, 0.717) is 12.3 Å². The normalized spacial score (nSPS) is 10.9. The van der Waals surface area contributed by atoms with Gasteiger partial charge < -0.3 is 20.3 Å². The Morgan fingerprint density at radius 2 is 1.71 bits per heavy atom. The lowest BCUT2D eigenvalue weighted by atomic mass is 9.87. The Balaban J connectivity index is 1.85. The number of amides is 3. The van der Waals surface area contributed by atoms with Crippen LogP contribution in [0.25, 0.3) is 0 Å². The van der Waals surface area contributed by atoms with E-state index in [4.69, 9.17) is 4.74 Å². The Kier molecular flexibility index (Phi) is 7.04. The number of carbonyl (C=O) groups is 2. The van der Waals surface area contributed by atoms with Gasteiger partial charge in [-0.25, -0.2) is 4.79 Å². The molecule has 0 radical (unpaired) electrons. The molecule has 0 spiro atoms. The Bertz CT molecular complexity index is 809. The number of likely N-dealkylation sites (N-methyl/N-ethyl adjacent to an activating group) is 1. The first-order chi connectivity index (χ1) is 13.1. The monoisotopic (exact) mass is 383 g/mol. The van der Waals surface area contributed by atoms with Crippen LogP contribution in [0.4, 0.5) is 10.5 Å². The number of ether oxygens (including phenoxy) is 1. The molecule has 28 heavy (non-hydrogen) atoms. The maximum atomic E-state index is 12.1. The fourth-order valence-electron chi connectivity index (χ4n) is 2.43. The Morgan fingerprint density at radius 1 is 1.04 bits per heavy atom. The summed E-state index contributed by atoms with van der Waals surface area (Å²) in [6.07, 6.45) is 0. The van der Waals surface area contributed by atoms with Gasteiger partial charge in [-0.2, -0.15) is 0 Å². The maximum Gasteiger partial charge on any atom is 0.319 e. The second-order valence-corrected chi connectivity index (χ2v) is 7.86. The molecule has 0 aliphatic heterocycles. The van der Waals surface area contributed by atoms with E-state index in [9.17, 15) is 9.59 Å². The van der Waals surface area contributed by atoms with E-state index in [-0.39, 0.29) is 24.0 Å². The molecule has 6 heteroatoms. The van der Waals surface area contributed by atoms with Gasteiger partial charge in [0.2, 0.25) is 0 Å². The van der Waals surface area contributed by atoms with Gasteiger partial charge in [-0.3, -0.25) is 4.79 Å². The molecular formula is C22H29N3O3. The number of rotatable bonds is 6. The minimum atomic E-state index is -0.280. The smallest absolute Gasteiger partial charge is 0.319 e. The standard InChI is InChI=1S/C22H29N3O3/c1-22(2,3)17-9-11-18(12-10-17)24-21(27)23-14-16-7-6-8-19(13-16)28-15-20(26)25(4)5/h6-13H,14-15H2,1-5H3,(H2,23,24,27). The van der Waals surface area contributed by atoms with Crippen molar-refractivity contribution >= 4 is 17.6 Å². The van der Waals surface area contributed by atoms with E-state index in [0.717, 1.165) is 11.3 Å². The molecule has 2 aromatic rings. The average molecular weight is 383 g/mol. The van der Waals surface area contributed by atoms with Crippen LogP contribution in [0.2, 0.25) is 0 Å². The fraction of sp³-hybridized carbons (Fsp3) is 0.364. The third-order valence-electron chi connectivity index (χ3n) is 4.22. The minimum absolute atomic E-state index is 0.0189. The lowest BCUT2D eigenvalue weighted by molar-refractivity contribution is -0.130. The molecule has 150 valence electrons. The van der Waals surface area contributed by atoms with Crippen molar-refractivity contribution in [2.45, 2.75) is 32.7 Å². The van der Waals surface area contributed by atoms with Crippen molar-refractivity contribution in [2.24, 2.45) is 0 Å². The molecule has 3 amide bonds. The zero-order valence-electron chi connectivity index (χ0n) is 17.2. The molecule has 0 aliphatic rings. The second kappa shape index (κ2) is 9.26. The quantitative estimate of drug-likeness (QED) is 0.798. The summed E-state index contributed by atoms with van der Waals surface area (Å²) in [5, 5.41) is 5.65. The minimum Gasteiger partial charge on any atom is -0.484 e. The van der Waals surface area contributed by atoms with Crippen molar-refractivity contribution in [1.82, 2.24) is 10.2 Å². The molecular weight excluding hydrogens is 354 g/mol. The number of urea groups is 1. The highest BCUT2D eigenvalue weighted by Crippen LogP contribution is 2.23. The Hall–Kier alpha value is -3.02. The number of nitrogens with one attached hydrogen (secondary N) is 2. The van der Waals surface area contributed by atoms with E-state index in [1.54, 1.807) is 26.2 Å². The molecule has 0 aromatic heterocycles. The van der Waals surface area contributed by atoms with Gasteiger partial charge in [-0.1, -0.05) is 45.0 Å². The summed E-state index contributed by atoms with van der Waals surface area (Å²) in [4.78, 5) is 25.2. The largest absolute Gasteiger partial charge is 0.484 e. The number of anilines is 1. The van der Waals surface area contributed by atoms with Crippen molar-refractivity contribution in [2.75, 3.05) is 26.0 Å². The molecule has 6 nitrogen and oxygen atoms in total. The van der Waals surface area contributed by atoms with Gasteiger partial charge in [-0.05, 0) is 40.8 Å². The highest BCUT2D eigenvalue weighted by molar-refractivity contribution is 5.89. The van der Waals surface area contributed by atoms with Crippen LogP contribution >= 0.6 is 0 Å². The summed E-state index contributed by atoms with van der Waals surface area (Å²) in [5.74, 6) is 0.480. The summed E-state index contributed by atoms with van der Waals surface area (Å²) < 4.78 is 5.49. The van der Waals surface area contributed by atoms with Crippen molar-refractivity contribution in [3.8, 4) is 5.75 Å². The third kappa shape index (κ3) is 6.61. The summed E-state index contributed by atoms with van der Waals surface area (Å²) >= 11 is 0. The molecule has 0 aliphatic carbocycles. The molecule has 0 saturated carbocycles. The van der Waals surface area contributed by atoms with Crippen molar-refractivity contribution in [1.29, 1.82) is 0 Å². The summed E-state index contributed by atoms with van der Waals surface area (Å²) in [7, 11) is 3.36. The van der Waals surface area contributed by atoms with Crippen LogP contribution in [0.1, 0.15) is 31.9 Å². The lowest BCUT2D eigenvalue weighted by Gasteiger charge is -2.19. The zero-order valence-corrected chi connectivity index (χ0v) is 17.2. The van der Waals surface area contributed by atoms with Gasteiger partial charge in [0.25, 0.3) is 5.91 Å². The van der Waals surface area contributed by atoms with E-state index in [2.05, 4.69) is 31.4 Å². The Morgan fingerprint density at radius 3 is 2.32 bits per heavy atom. The zero-order chi connectivity index (χ0) is 20.7. The number of nitrogens with zero attached hydrogens (tertiary/aromatic N) is 1. The fourth-order valence-corrected chi connectivity index (χ4v) is 2.43. The molecule has 0 bridgehead atoms. The lowest BCUT2D eigenvalue weighted by Crippen LogP contribution is -2.28. The molecule has 2 aromatic carbocycles. The van der Waals surface area contributed by atoms with Gasteiger partial charge >= 0.3 is 6.03 Å². The molecule has 2 rings (SSSR count). The molecule has 0 unspecified atom stereocenters. The predicted octanol–water partition coefficient (Wildman–Crippen LogP) is 3.77. The molecule has 2 N–H and O–H groups in total. The van der Waals surface area contributed by atoms with Crippen LogP contribution in [-0.4, -0.2) is 37.5 Å². The molecule has 0 fully saturated rings. The van der Waals surface area contributed by atoms with Crippen LogP contribution in [0.15, 0.2) is 48.5 Å². The first-order valence-electron chi connectivity index (χ1n) is 9.22. The van der Waals surface area contributed by atoms with Crippen LogP contribution in [0, 0.1) is 0 Å². The number of benzene rings is 2. The van der Waals surface area contributed by atoms with Crippen molar-refractivity contribution < 1.29 is 14.3 Å². The second-order valence-electron chi connectivity index (χ2n) is 7.86. The predicted molar refractivity (Wildman–Crippen MR) is 112 cm³/mol. The summed E-state index contributed by atoms with van der Waals surface area (Å²) in [6, 6.07) is 14.9. The van der Waals surface area contributed by atoms with Gasteiger partial charge in [0.15, 0.2) is 6.61 Å². The highest BCUT2D eigenvalue weighted by atomic mass is 16.5. The summed E-state index contributed by atoms with van der Waals surface area (Å²) in [5.41, 5.74) is 2.91. The SMILES string of the molecule is CN(C)C(=O)COc1cccc(CNC(=O)Nc2ccc(C(C)(C)C)cc2)c1. The number of hydrogen-bond donors (Lipinski definition) is 2. The highest BCUT2D eigenvalue weighted by Gasteiger charge is 2.13. The van der Waals surface area contributed by atoms with Crippen LogP contribution in [-0.2, 0) is 16.8 Å². The number of hydrogen-bond acceptors (Lipinski definition) is 3. The van der Waals surface area contributed by atoms with Gasteiger partial charge in [0.05, 0.1) is 0 Å². The topological polar surface area (TPSA) is 70.7 Å². The summed E-state index contributed by atoms with van der Waals surface area (Å²) in [6.45, 7) is 6.78. The van der Waals surface area contributed by atoms with Crippen LogP contribution < -0.4 is 15.4 Å². The third-order valence-corrected chi connectivity index (χ3v) is 4.22. The van der Waals surface area contributed by atoms with E-state index >= 15 is 0 Å². The Labute approximate surface area is 166 Å².